The zero-order valence-corrected chi connectivity index (χ0v) is 6.99. The lowest BCUT2D eigenvalue weighted by Gasteiger charge is -1.96. The summed E-state index contributed by atoms with van der Waals surface area (Å²) in [6.45, 7) is 2.08. The van der Waals surface area contributed by atoms with Crippen molar-refractivity contribution >= 4 is 0 Å². The summed E-state index contributed by atoms with van der Waals surface area (Å²) >= 11 is 0. The fourth-order valence-electron chi connectivity index (χ4n) is 0.801. The fraction of sp³-hybridized carbons (Fsp3) is 0.200. The third-order valence-electron chi connectivity index (χ3n) is 1.65. The van der Waals surface area contributed by atoms with Crippen LogP contribution < -0.4 is 0 Å². The van der Waals surface area contributed by atoms with E-state index in [1.165, 1.54) is 5.69 Å². The maximum absolute atomic E-state index is 2.08. The lowest BCUT2D eigenvalue weighted by atomic mass is 10.4. The largest absolute Gasteiger partial charge is 0.355 e. The minimum atomic E-state index is 1.24. The Labute approximate surface area is 67.6 Å². The highest BCUT2D eigenvalue weighted by Crippen LogP contribution is 1.90. The molecule has 11 heavy (non-hydrogen) atoms. The molecule has 0 aliphatic rings. The zero-order chi connectivity index (χ0) is 8.10. The van der Waals surface area contributed by atoms with Crippen LogP contribution in [0.4, 0.5) is 0 Å². The van der Waals surface area contributed by atoms with E-state index in [1.54, 1.807) is 0 Å². The topological polar surface area (TPSA) is 4.93 Å². The van der Waals surface area contributed by atoms with Crippen LogP contribution in [-0.2, 0) is 7.05 Å². The Morgan fingerprint density at radius 2 is 1.64 bits per heavy atom. The van der Waals surface area contributed by atoms with Crippen LogP contribution in [0.5, 0.6) is 0 Å². The minimum Gasteiger partial charge on any atom is -0.355 e. The van der Waals surface area contributed by atoms with Crippen LogP contribution >= 0.6 is 0 Å². The second kappa shape index (κ2) is 3.81. The van der Waals surface area contributed by atoms with Gasteiger partial charge in [0.05, 0.1) is 0 Å². The first-order chi connectivity index (χ1) is 5.30. The average Bonchev–Trinajstić information content (AvgIpc) is 2.07. The van der Waals surface area contributed by atoms with Gasteiger partial charge in [0, 0.05) is 18.9 Å². The second-order valence-electron chi connectivity index (χ2n) is 2.53. The summed E-state index contributed by atoms with van der Waals surface area (Å²) in [5.74, 6) is 0. The Balaban J connectivity index is 3.28. The molecule has 0 spiro atoms. The van der Waals surface area contributed by atoms with Gasteiger partial charge >= 0.3 is 0 Å². The van der Waals surface area contributed by atoms with Gasteiger partial charge in [-0.3, -0.25) is 0 Å². The zero-order valence-electron chi connectivity index (χ0n) is 6.99. The lowest BCUT2D eigenvalue weighted by Crippen LogP contribution is -1.89. The SMILES string of the molecule is Cc1cccccccn1C. The molecule has 1 aromatic rings. The highest BCUT2D eigenvalue weighted by atomic mass is 14.9. The predicted molar refractivity (Wildman–Crippen MR) is 47.8 cm³/mol. The molecule has 0 radical (unpaired) electrons. The first-order valence-corrected chi connectivity index (χ1v) is 3.72. The van der Waals surface area contributed by atoms with Crippen LogP contribution in [-0.4, -0.2) is 4.57 Å². The summed E-state index contributed by atoms with van der Waals surface area (Å²) < 4.78 is 2.08. The highest BCUT2D eigenvalue weighted by Gasteiger charge is 1.77. The molecule has 0 amide bonds. The molecular formula is C10H13N. The van der Waals surface area contributed by atoms with E-state index < -0.39 is 0 Å². The minimum absolute atomic E-state index is 1.24. The summed E-state index contributed by atoms with van der Waals surface area (Å²) in [4.78, 5) is 0. The number of hydrogen-bond acceptors (Lipinski definition) is 0. The van der Waals surface area contributed by atoms with Crippen LogP contribution in [0, 0.1) is 6.92 Å². The van der Waals surface area contributed by atoms with Gasteiger partial charge in [-0.15, -0.1) is 0 Å². The van der Waals surface area contributed by atoms with E-state index in [2.05, 4.69) is 17.6 Å². The number of hydrogen-bond donors (Lipinski definition) is 0. The van der Waals surface area contributed by atoms with Gasteiger partial charge in [0.25, 0.3) is 0 Å². The molecular weight excluding hydrogens is 134 g/mol. The fourth-order valence-corrected chi connectivity index (χ4v) is 0.801. The van der Waals surface area contributed by atoms with Crippen molar-refractivity contribution in [2.75, 3.05) is 0 Å². The quantitative estimate of drug-likeness (QED) is 0.531. The van der Waals surface area contributed by atoms with Crippen LogP contribution in [0.25, 0.3) is 0 Å². The first-order valence-electron chi connectivity index (χ1n) is 3.72. The van der Waals surface area contributed by atoms with Crippen molar-refractivity contribution in [1.29, 1.82) is 0 Å². The van der Waals surface area contributed by atoms with Crippen molar-refractivity contribution in [3.63, 3.8) is 0 Å². The summed E-state index contributed by atoms with van der Waals surface area (Å²) in [5.41, 5.74) is 1.24. The van der Waals surface area contributed by atoms with Crippen molar-refractivity contribution < 1.29 is 0 Å². The standard InChI is InChI=1S/C10H13N/c1-10-8-6-4-3-5-7-9-11(10)2/h3-9H,1-2H3. The Morgan fingerprint density at radius 3 is 2.45 bits per heavy atom. The predicted octanol–water partition coefficient (Wildman–Crippen LogP) is 2.46. The van der Waals surface area contributed by atoms with Crippen molar-refractivity contribution in [1.82, 2.24) is 4.57 Å². The summed E-state index contributed by atoms with van der Waals surface area (Å²) in [6, 6.07) is 12.2. The molecule has 0 saturated carbocycles. The van der Waals surface area contributed by atoms with Gasteiger partial charge in [0.1, 0.15) is 0 Å². The summed E-state index contributed by atoms with van der Waals surface area (Å²) in [7, 11) is 2.04. The average molecular weight is 147 g/mol. The van der Waals surface area contributed by atoms with Gasteiger partial charge in [0.15, 0.2) is 0 Å². The van der Waals surface area contributed by atoms with Crippen molar-refractivity contribution in [3.05, 3.63) is 48.3 Å². The van der Waals surface area contributed by atoms with Crippen LogP contribution in [0.1, 0.15) is 5.69 Å². The third-order valence-corrected chi connectivity index (χ3v) is 1.65. The monoisotopic (exact) mass is 147 g/mol. The molecule has 58 valence electrons. The molecule has 0 unspecified atom stereocenters. The van der Waals surface area contributed by atoms with E-state index in [0.29, 0.717) is 0 Å². The Morgan fingerprint density at radius 1 is 1.00 bits per heavy atom. The number of aromatic nitrogens is 1. The van der Waals surface area contributed by atoms with Gasteiger partial charge in [-0.1, -0.05) is 24.3 Å². The molecule has 0 bridgehead atoms. The third kappa shape index (κ3) is 2.46. The molecule has 1 heteroatoms. The van der Waals surface area contributed by atoms with Gasteiger partial charge in [-0.2, -0.15) is 0 Å². The summed E-state index contributed by atoms with van der Waals surface area (Å²) in [5, 5.41) is 0. The Bertz CT molecular complexity index is 245. The number of nitrogens with zero attached hydrogens (tertiary/aromatic N) is 1. The number of rotatable bonds is 0. The van der Waals surface area contributed by atoms with Gasteiger partial charge in [0.2, 0.25) is 0 Å². The maximum Gasteiger partial charge on any atom is 0.0140 e. The van der Waals surface area contributed by atoms with E-state index in [1.807, 2.05) is 43.6 Å². The van der Waals surface area contributed by atoms with Crippen molar-refractivity contribution in [3.8, 4) is 0 Å². The second-order valence-corrected chi connectivity index (χ2v) is 2.53. The molecule has 0 aromatic carbocycles. The molecule has 0 aliphatic heterocycles. The Kier molecular flexibility index (Phi) is 2.73. The van der Waals surface area contributed by atoms with E-state index in [-0.39, 0.29) is 0 Å². The highest BCUT2D eigenvalue weighted by molar-refractivity contribution is 5.02. The van der Waals surface area contributed by atoms with E-state index in [4.69, 9.17) is 0 Å². The van der Waals surface area contributed by atoms with Crippen LogP contribution in [0.15, 0.2) is 42.6 Å². The van der Waals surface area contributed by atoms with Gasteiger partial charge in [-0.05, 0) is 19.1 Å². The van der Waals surface area contributed by atoms with E-state index in [0.717, 1.165) is 0 Å². The molecule has 0 saturated heterocycles. The lowest BCUT2D eigenvalue weighted by molar-refractivity contribution is 0.864. The van der Waals surface area contributed by atoms with Gasteiger partial charge in [-0.25, -0.2) is 0 Å². The van der Waals surface area contributed by atoms with Crippen molar-refractivity contribution in [2.24, 2.45) is 7.05 Å². The summed E-state index contributed by atoms with van der Waals surface area (Å²) in [6.07, 6.45) is 2.04. The van der Waals surface area contributed by atoms with Crippen LogP contribution in [0.2, 0.25) is 0 Å². The normalized spacial score (nSPS) is 8.91. The molecule has 0 N–H and O–H groups in total. The molecule has 1 heterocycles. The van der Waals surface area contributed by atoms with Gasteiger partial charge < -0.3 is 4.57 Å². The van der Waals surface area contributed by atoms with Crippen molar-refractivity contribution in [2.45, 2.75) is 6.92 Å². The molecule has 0 atom stereocenters. The molecule has 0 fully saturated rings. The Hall–Kier alpha value is -1.24. The van der Waals surface area contributed by atoms with E-state index in [9.17, 15) is 0 Å². The maximum atomic E-state index is 2.08. The molecule has 0 aliphatic carbocycles. The molecule has 1 nitrogen and oxygen atoms in total. The first kappa shape index (κ1) is 7.86. The smallest absolute Gasteiger partial charge is 0.0140 e. The molecule has 1 rings (SSSR count). The van der Waals surface area contributed by atoms with Crippen LogP contribution in [0.3, 0.4) is 0 Å². The van der Waals surface area contributed by atoms with E-state index >= 15 is 0 Å². The molecule has 1 aromatic heterocycles. The number of aryl methyl sites for hydroxylation is 2.